The summed E-state index contributed by atoms with van der Waals surface area (Å²) in [6, 6.07) is 0. The van der Waals surface area contributed by atoms with Gasteiger partial charge in [-0.1, -0.05) is 219 Å². The van der Waals surface area contributed by atoms with Gasteiger partial charge in [0.1, 0.15) is 0 Å². The van der Waals surface area contributed by atoms with Crippen LogP contribution < -0.4 is 0 Å². The third kappa shape index (κ3) is 38.5. The number of hydrogen-bond acceptors (Lipinski definition) is 5. The van der Waals surface area contributed by atoms with Gasteiger partial charge in [-0.25, -0.2) is 0 Å². The van der Waals surface area contributed by atoms with Crippen molar-refractivity contribution in [1.29, 1.82) is 0 Å². The van der Waals surface area contributed by atoms with Crippen molar-refractivity contribution in [1.82, 2.24) is 0 Å². The first-order valence-corrected chi connectivity index (χ1v) is 22.1. The molecule has 0 aliphatic carbocycles. The van der Waals surface area contributed by atoms with Crippen LogP contribution >= 0.6 is 8.25 Å². The quantitative estimate of drug-likeness (QED) is 0.0384. The van der Waals surface area contributed by atoms with Crippen molar-refractivity contribution in [3.8, 4) is 0 Å². The second kappa shape index (κ2) is 39.5. The van der Waals surface area contributed by atoms with E-state index in [2.05, 4.69) is 13.8 Å². The Balaban J connectivity index is 3.36. The molecular formula is C40H83O5P. The summed E-state index contributed by atoms with van der Waals surface area (Å²) in [5, 5.41) is 20.1. The van der Waals surface area contributed by atoms with Crippen LogP contribution in [0.5, 0.6) is 0 Å². The highest BCUT2D eigenvalue weighted by Gasteiger charge is 2.14. The van der Waals surface area contributed by atoms with Gasteiger partial charge in [0.05, 0.1) is 0 Å². The molecule has 2 unspecified atom stereocenters. The van der Waals surface area contributed by atoms with Crippen LogP contribution in [-0.2, 0) is 13.6 Å². The average molecular weight is 675 g/mol. The van der Waals surface area contributed by atoms with E-state index in [1.54, 1.807) is 0 Å². The number of aliphatic hydroxyl groups excluding tert-OH is 2. The van der Waals surface area contributed by atoms with Gasteiger partial charge in [-0.15, -0.1) is 0 Å². The molecule has 0 heterocycles. The first-order chi connectivity index (χ1) is 22.6. The van der Waals surface area contributed by atoms with Crippen molar-refractivity contribution in [2.24, 2.45) is 0 Å². The van der Waals surface area contributed by atoms with E-state index in [1.165, 1.54) is 193 Å². The van der Waals surface area contributed by atoms with Crippen molar-refractivity contribution in [2.45, 2.75) is 258 Å². The van der Waals surface area contributed by atoms with Gasteiger partial charge in [-0.2, -0.15) is 0 Å². The second-order valence-electron chi connectivity index (χ2n) is 14.3. The molecule has 2 N–H and O–H groups in total. The largest absolute Gasteiger partial charge is 0.368 e. The summed E-state index contributed by atoms with van der Waals surface area (Å²) >= 11 is 0. The summed E-state index contributed by atoms with van der Waals surface area (Å²) < 4.78 is 22.3. The maximum Gasteiger partial charge on any atom is 0.323 e. The zero-order valence-corrected chi connectivity index (χ0v) is 32.2. The molecule has 6 heteroatoms. The lowest BCUT2D eigenvalue weighted by molar-refractivity contribution is -0.0648. The van der Waals surface area contributed by atoms with Crippen LogP contribution in [0.2, 0.25) is 0 Å². The normalized spacial score (nSPS) is 13.7. The van der Waals surface area contributed by atoms with E-state index < -0.39 is 20.8 Å². The predicted octanol–water partition coefficient (Wildman–Crippen LogP) is 14.1. The van der Waals surface area contributed by atoms with Gasteiger partial charge >= 0.3 is 8.25 Å². The summed E-state index contributed by atoms with van der Waals surface area (Å²) in [5.74, 6) is 0. The minimum Gasteiger partial charge on any atom is -0.368 e. The standard InChI is InChI=1S/C40H83O5P/c1-3-5-7-9-11-13-15-17-19-21-23-25-27-29-31-33-35-37-39(41)44-46(43)45-40(42)38-36-34-32-30-28-26-24-22-20-18-16-14-12-10-8-6-4-2/h39-42,46H,3-38H2,1-2H3. The lowest BCUT2D eigenvalue weighted by Crippen LogP contribution is -2.12. The molecule has 0 saturated heterocycles. The van der Waals surface area contributed by atoms with Gasteiger partial charge in [-0.05, 0) is 25.7 Å². The molecule has 5 nitrogen and oxygen atoms in total. The molecule has 0 bridgehead atoms. The topological polar surface area (TPSA) is 76.0 Å². The molecule has 2 atom stereocenters. The maximum atomic E-state index is 12.0. The summed E-state index contributed by atoms with van der Waals surface area (Å²) in [6.07, 6.45) is 43.6. The zero-order valence-electron chi connectivity index (χ0n) is 31.2. The van der Waals surface area contributed by atoms with Crippen molar-refractivity contribution in [3.63, 3.8) is 0 Å². The molecule has 0 fully saturated rings. The molecule has 0 aromatic rings. The van der Waals surface area contributed by atoms with E-state index >= 15 is 0 Å². The molecule has 0 saturated carbocycles. The van der Waals surface area contributed by atoms with E-state index in [0.717, 1.165) is 25.7 Å². The summed E-state index contributed by atoms with van der Waals surface area (Å²) in [5.41, 5.74) is 0. The highest BCUT2D eigenvalue weighted by atomic mass is 31.1. The molecule has 0 aliphatic rings. The Morgan fingerprint density at radius 1 is 0.348 bits per heavy atom. The number of rotatable bonds is 40. The summed E-state index contributed by atoms with van der Waals surface area (Å²) in [7, 11) is -2.88. The van der Waals surface area contributed by atoms with Crippen molar-refractivity contribution < 1.29 is 23.8 Å². The van der Waals surface area contributed by atoms with Crippen LogP contribution in [0, 0.1) is 0 Å². The zero-order chi connectivity index (χ0) is 33.6. The van der Waals surface area contributed by atoms with E-state index in [-0.39, 0.29) is 0 Å². The monoisotopic (exact) mass is 675 g/mol. The van der Waals surface area contributed by atoms with E-state index in [1.807, 2.05) is 0 Å². The van der Waals surface area contributed by atoms with Crippen molar-refractivity contribution in [2.75, 3.05) is 0 Å². The van der Waals surface area contributed by atoms with Gasteiger partial charge in [-0.3, -0.25) is 13.6 Å². The molecule has 46 heavy (non-hydrogen) atoms. The molecule has 0 radical (unpaired) electrons. The summed E-state index contributed by atoms with van der Waals surface area (Å²) in [4.78, 5) is 0. The molecule has 0 rings (SSSR count). The van der Waals surface area contributed by atoms with Gasteiger partial charge in [0.25, 0.3) is 0 Å². The van der Waals surface area contributed by atoms with Crippen LogP contribution in [0.25, 0.3) is 0 Å². The fraction of sp³-hybridized carbons (Fsp3) is 1.00. The minimum absolute atomic E-state index is 0.466. The Kier molecular flexibility index (Phi) is 39.6. The van der Waals surface area contributed by atoms with Gasteiger partial charge in [0.2, 0.25) is 0 Å². The van der Waals surface area contributed by atoms with Crippen molar-refractivity contribution >= 4 is 8.25 Å². The number of hydrogen-bond donors (Lipinski definition) is 2. The second-order valence-corrected chi connectivity index (χ2v) is 15.3. The van der Waals surface area contributed by atoms with E-state index in [4.69, 9.17) is 9.05 Å². The summed E-state index contributed by atoms with van der Waals surface area (Å²) in [6.45, 7) is 4.56. The van der Waals surface area contributed by atoms with Crippen LogP contribution in [0.3, 0.4) is 0 Å². The van der Waals surface area contributed by atoms with E-state index in [9.17, 15) is 14.8 Å². The first kappa shape index (κ1) is 46.1. The lowest BCUT2D eigenvalue weighted by atomic mass is 10.0. The minimum atomic E-state index is -2.88. The third-order valence-corrected chi connectivity index (χ3v) is 10.5. The SMILES string of the molecule is CCCCCCCCCCCCCCCCCCCC(O)O[PH](=O)OC(O)CCCCCCCCCCCCCCCCCCC. The Morgan fingerprint density at radius 3 is 0.717 bits per heavy atom. The Hall–Kier alpha value is 0.0700. The lowest BCUT2D eigenvalue weighted by Gasteiger charge is -2.15. The predicted molar refractivity (Wildman–Crippen MR) is 201 cm³/mol. The van der Waals surface area contributed by atoms with Gasteiger partial charge < -0.3 is 10.2 Å². The molecule has 0 amide bonds. The maximum absolute atomic E-state index is 12.0. The smallest absolute Gasteiger partial charge is 0.323 e. The number of unbranched alkanes of at least 4 members (excludes halogenated alkanes) is 32. The Labute approximate surface area is 289 Å². The van der Waals surface area contributed by atoms with Crippen LogP contribution in [0.15, 0.2) is 0 Å². The average Bonchev–Trinajstić information content (AvgIpc) is 3.03. The highest BCUT2D eigenvalue weighted by molar-refractivity contribution is 7.33. The Morgan fingerprint density at radius 2 is 0.522 bits per heavy atom. The third-order valence-electron chi connectivity index (χ3n) is 9.57. The van der Waals surface area contributed by atoms with Gasteiger partial charge in [0.15, 0.2) is 12.6 Å². The molecule has 0 aromatic heterocycles. The molecule has 278 valence electrons. The number of aliphatic hydroxyl groups is 2. The van der Waals surface area contributed by atoms with Crippen LogP contribution in [0.1, 0.15) is 245 Å². The molecule has 0 spiro atoms. The van der Waals surface area contributed by atoms with Crippen LogP contribution in [0.4, 0.5) is 0 Å². The molecule has 0 aliphatic heterocycles. The van der Waals surface area contributed by atoms with Gasteiger partial charge in [0, 0.05) is 0 Å². The highest BCUT2D eigenvalue weighted by Crippen LogP contribution is 2.30. The fourth-order valence-corrected chi connectivity index (χ4v) is 7.19. The molecule has 0 aromatic carbocycles. The molecular weight excluding hydrogens is 591 g/mol. The Bertz CT molecular complexity index is 542. The van der Waals surface area contributed by atoms with Crippen molar-refractivity contribution in [3.05, 3.63) is 0 Å². The van der Waals surface area contributed by atoms with E-state index in [0.29, 0.717) is 12.8 Å². The van der Waals surface area contributed by atoms with Crippen LogP contribution in [-0.4, -0.2) is 22.8 Å². The fourth-order valence-electron chi connectivity index (χ4n) is 6.46. The first-order valence-electron chi connectivity index (χ1n) is 20.8.